The molecule has 1 fully saturated rings. The number of rotatable bonds is 6. The molecule has 1 aromatic heterocycles. The largest absolute Gasteiger partial charge is 0.494 e. The average Bonchev–Trinajstić information content (AvgIpc) is 3.22. The van der Waals surface area contributed by atoms with Gasteiger partial charge in [-0.25, -0.2) is 0 Å². The lowest BCUT2D eigenvalue weighted by atomic mass is 10.0. The van der Waals surface area contributed by atoms with Crippen LogP contribution >= 0.6 is 0 Å². The Hall–Kier alpha value is -4.43. The molecule has 2 heterocycles. The SMILES string of the molecule is CC(=O)Nc1ccc(C(=O)c2ccc3[nH]c(O)c(C=Nc4ccc(N5CCN(C)CC5)cc4)c3c2)cc1. The molecule has 0 spiro atoms. The number of benzene rings is 3. The molecule has 4 aromatic rings. The molecule has 8 nitrogen and oxygen atoms in total. The molecule has 0 atom stereocenters. The van der Waals surface area contributed by atoms with Crippen molar-refractivity contribution in [3.05, 3.63) is 83.4 Å². The number of fused-ring (bicyclic) bond motifs is 1. The summed E-state index contributed by atoms with van der Waals surface area (Å²) in [6.07, 6.45) is 1.62. The maximum atomic E-state index is 13.1. The molecule has 0 aliphatic carbocycles. The summed E-state index contributed by atoms with van der Waals surface area (Å²) in [5.74, 6) is -0.326. The van der Waals surface area contributed by atoms with Crippen molar-refractivity contribution in [1.82, 2.24) is 9.88 Å². The van der Waals surface area contributed by atoms with Crippen molar-refractivity contribution in [1.29, 1.82) is 0 Å². The van der Waals surface area contributed by atoms with E-state index in [0.717, 1.165) is 31.9 Å². The number of aromatic hydroxyl groups is 1. The van der Waals surface area contributed by atoms with Crippen LogP contribution in [0.3, 0.4) is 0 Å². The topological polar surface area (TPSA) is 101 Å². The Labute approximate surface area is 215 Å². The van der Waals surface area contributed by atoms with Gasteiger partial charge in [0.1, 0.15) is 0 Å². The van der Waals surface area contributed by atoms with Gasteiger partial charge in [0.05, 0.1) is 11.3 Å². The van der Waals surface area contributed by atoms with E-state index in [0.29, 0.717) is 33.3 Å². The minimum Gasteiger partial charge on any atom is -0.494 e. The molecule has 0 saturated carbocycles. The van der Waals surface area contributed by atoms with Crippen LogP contribution in [0, 0.1) is 0 Å². The first kappa shape index (κ1) is 24.3. The first-order chi connectivity index (χ1) is 17.9. The maximum absolute atomic E-state index is 13.1. The predicted molar refractivity (Wildman–Crippen MR) is 148 cm³/mol. The number of nitrogens with zero attached hydrogens (tertiary/aromatic N) is 3. The summed E-state index contributed by atoms with van der Waals surface area (Å²) in [6, 6.07) is 20.1. The van der Waals surface area contributed by atoms with Crippen molar-refractivity contribution in [3.63, 3.8) is 0 Å². The van der Waals surface area contributed by atoms with Crippen molar-refractivity contribution in [2.75, 3.05) is 43.4 Å². The van der Waals surface area contributed by atoms with Crippen LogP contribution in [-0.4, -0.2) is 66.1 Å². The first-order valence-corrected chi connectivity index (χ1v) is 12.2. The monoisotopic (exact) mass is 495 g/mol. The Kier molecular flexibility index (Phi) is 6.74. The maximum Gasteiger partial charge on any atom is 0.221 e. The Balaban J connectivity index is 1.36. The van der Waals surface area contributed by atoms with Gasteiger partial charge in [0.25, 0.3) is 0 Å². The molecule has 5 rings (SSSR count). The van der Waals surface area contributed by atoms with Crippen molar-refractivity contribution in [2.24, 2.45) is 4.99 Å². The molecule has 37 heavy (non-hydrogen) atoms. The zero-order valence-corrected chi connectivity index (χ0v) is 20.9. The zero-order valence-electron chi connectivity index (χ0n) is 20.9. The van der Waals surface area contributed by atoms with Gasteiger partial charge in [-0.2, -0.15) is 0 Å². The van der Waals surface area contributed by atoms with Crippen LogP contribution in [0.25, 0.3) is 10.9 Å². The second kappa shape index (κ2) is 10.3. The van der Waals surface area contributed by atoms with Gasteiger partial charge >= 0.3 is 0 Å². The molecular weight excluding hydrogens is 466 g/mol. The van der Waals surface area contributed by atoms with E-state index in [2.05, 4.69) is 44.3 Å². The minimum atomic E-state index is -0.169. The Morgan fingerprint density at radius 1 is 0.946 bits per heavy atom. The standard InChI is InChI=1S/C29H29N5O3/c1-19(35)31-23-6-3-20(4-7-23)28(36)21-5-12-27-25(17-21)26(29(37)32-27)18-30-22-8-10-24(11-9-22)34-15-13-33(2)14-16-34/h3-12,17-18,32,37H,13-16H2,1-2H3,(H,31,35). The summed E-state index contributed by atoms with van der Waals surface area (Å²) in [5.41, 5.74) is 4.81. The zero-order chi connectivity index (χ0) is 25.9. The highest BCUT2D eigenvalue weighted by molar-refractivity contribution is 6.12. The van der Waals surface area contributed by atoms with Gasteiger partial charge in [0, 0.05) is 72.7 Å². The number of aromatic nitrogens is 1. The number of piperazine rings is 1. The molecule has 1 aliphatic heterocycles. The summed E-state index contributed by atoms with van der Waals surface area (Å²) in [6.45, 7) is 5.54. The molecule has 188 valence electrons. The minimum absolute atomic E-state index is 0.00272. The Morgan fingerprint density at radius 3 is 2.30 bits per heavy atom. The third-order valence-electron chi connectivity index (χ3n) is 6.61. The van der Waals surface area contributed by atoms with E-state index in [-0.39, 0.29) is 17.6 Å². The molecule has 8 heteroatoms. The van der Waals surface area contributed by atoms with Crippen molar-refractivity contribution < 1.29 is 14.7 Å². The van der Waals surface area contributed by atoms with Gasteiger partial charge in [-0.05, 0) is 73.8 Å². The van der Waals surface area contributed by atoms with E-state index in [9.17, 15) is 14.7 Å². The molecule has 3 aromatic carbocycles. The van der Waals surface area contributed by atoms with Gasteiger partial charge < -0.3 is 25.2 Å². The number of carbonyl (C=O) groups excluding carboxylic acids is 2. The van der Waals surface area contributed by atoms with Crippen molar-refractivity contribution >= 4 is 45.9 Å². The van der Waals surface area contributed by atoms with Crippen LogP contribution in [0.5, 0.6) is 5.88 Å². The van der Waals surface area contributed by atoms with Crippen LogP contribution in [0.1, 0.15) is 28.4 Å². The summed E-state index contributed by atoms with van der Waals surface area (Å²) >= 11 is 0. The van der Waals surface area contributed by atoms with Gasteiger partial charge in [-0.1, -0.05) is 0 Å². The number of hydrogen-bond donors (Lipinski definition) is 3. The quantitative estimate of drug-likeness (QED) is 0.269. The highest BCUT2D eigenvalue weighted by Gasteiger charge is 2.16. The third kappa shape index (κ3) is 5.39. The Bertz CT molecular complexity index is 1460. The molecular formula is C29H29N5O3. The molecule has 1 aliphatic rings. The van der Waals surface area contributed by atoms with Crippen LogP contribution in [0.15, 0.2) is 71.7 Å². The molecule has 1 amide bonds. The summed E-state index contributed by atoms with van der Waals surface area (Å²) < 4.78 is 0. The van der Waals surface area contributed by atoms with Crippen LogP contribution < -0.4 is 10.2 Å². The number of anilines is 2. The molecule has 0 bridgehead atoms. The highest BCUT2D eigenvalue weighted by Crippen LogP contribution is 2.29. The summed E-state index contributed by atoms with van der Waals surface area (Å²) in [5, 5.41) is 13.9. The summed E-state index contributed by atoms with van der Waals surface area (Å²) in [4.78, 5) is 36.5. The van der Waals surface area contributed by atoms with Crippen LogP contribution in [-0.2, 0) is 4.79 Å². The number of aromatic amines is 1. The molecule has 0 unspecified atom stereocenters. The predicted octanol–water partition coefficient (Wildman–Crippen LogP) is 4.57. The summed E-state index contributed by atoms with van der Waals surface area (Å²) in [7, 11) is 2.14. The van der Waals surface area contributed by atoms with E-state index in [1.54, 1.807) is 48.7 Å². The smallest absolute Gasteiger partial charge is 0.221 e. The number of likely N-dealkylation sites (N-methyl/N-ethyl adjacent to an activating group) is 1. The van der Waals surface area contributed by atoms with Gasteiger partial charge in [0.2, 0.25) is 5.91 Å². The fourth-order valence-electron chi connectivity index (χ4n) is 4.50. The lowest BCUT2D eigenvalue weighted by molar-refractivity contribution is -0.114. The number of aliphatic imine (C=N–C) groups is 1. The third-order valence-corrected chi connectivity index (χ3v) is 6.61. The van der Waals surface area contributed by atoms with Gasteiger partial charge in [0.15, 0.2) is 11.7 Å². The van der Waals surface area contributed by atoms with E-state index < -0.39 is 0 Å². The van der Waals surface area contributed by atoms with Crippen molar-refractivity contribution in [3.8, 4) is 5.88 Å². The van der Waals surface area contributed by atoms with E-state index in [1.807, 2.05) is 12.1 Å². The lowest BCUT2D eigenvalue weighted by Crippen LogP contribution is -2.44. The number of ketones is 1. The molecule has 1 saturated heterocycles. The number of hydrogen-bond acceptors (Lipinski definition) is 6. The average molecular weight is 496 g/mol. The van der Waals surface area contributed by atoms with Crippen LogP contribution in [0.2, 0.25) is 0 Å². The highest BCUT2D eigenvalue weighted by atomic mass is 16.3. The first-order valence-electron chi connectivity index (χ1n) is 12.2. The number of nitrogens with one attached hydrogen (secondary N) is 2. The second-order valence-corrected chi connectivity index (χ2v) is 9.30. The number of amides is 1. The van der Waals surface area contributed by atoms with Crippen LogP contribution in [0.4, 0.5) is 17.1 Å². The van der Waals surface area contributed by atoms with E-state index in [1.165, 1.54) is 12.6 Å². The van der Waals surface area contributed by atoms with Gasteiger partial charge in [-0.15, -0.1) is 0 Å². The normalized spacial score (nSPS) is 14.4. The van der Waals surface area contributed by atoms with E-state index in [4.69, 9.17) is 0 Å². The number of H-pyrrole nitrogens is 1. The molecule has 0 radical (unpaired) electrons. The number of carbonyl (C=O) groups is 2. The van der Waals surface area contributed by atoms with Gasteiger partial charge in [-0.3, -0.25) is 14.6 Å². The molecule has 3 N–H and O–H groups in total. The fourth-order valence-corrected chi connectivity index (χ4v) is 4.50. The Morgan fingerprint density at radius 2 is 1.62 bits per heavy atom. The van der Waals surface area contributed by atoms with E-state index >= 15 is 0 Å². The van der Waals surface area contributed by atoms with Crippen molar-refractivity contribution in [2.45, 2.75) is 6.92 Å². The lowest BCUT2D eigenvalue weighted by Gasteiger charge is -2.34. The second-order valence-electron chi connectivity index (χ2n) is 9.30. The fraction of sp³-hybridized carbons (Fsp3) is 0.207.